The Kier molecular flexibility index (Phi) is 3.94. The summed E-state index contributed by atoms with van der Waals surface area (Å²) < 4.78 is 13.6. The standard InChI is InChI=1S/C12H13ClFNOS/c1-8-7-15(4-5-17-8)12(16)10-6-9(13)2-3-11(10)14/h2-3,6,8H,4-5,7H2,1H3. The van der Waals surface area contributed by atoms with Gasteiger partial charge >= 0.3 is 0 Å². The van der Waals surface area contributed by atoms with E-state index in [1.807, 2.05) is 11.8 Å². The topological polar surface area (TPSA) is 20.3 Å². The summed E-state index contributed by atoms with van der Waals surface area (Å²) in [5.41, 5.74) is 0.0663. The average Bonchev–Trinajstić information content (AvgIpc) is 2.31. The van der Waals surface area contributed by atoms with E-state index >= 15 is 0 Å². The van der Waals surface area contributed by atoms with Crippen molar-refractivity contribution in [3.63, 3.8) is 0 Å². The summed E-state index contributed by atoms with van der Waals surface area (Å²) in [6, 6.07) is 4.08. The number of hydrogen-bond acceptors (Lipinski definition) is 2. The van der Waals surface area contributed by atoms with E-state index in [2.05, 4.69) is 6.92 Å². The summed E-state index contributed by atoms with van der Waals surface area (Å²) in [6.07, 6.45) is 0. The molecule has 0 saturated carbocycles. The van der Waals surface area contributed by atoms with E-state index in [4.69, 9.17) is 11.6 Å². The second kappa shape index (κ2) is 5.27. The monoisotopic (exact) mass is 273 g/mol. The summed E-state index contributed by atoms with van der Waals surface area (Å²) in [4.78, 5) is 13.8. The van der Waals surface area contributed by atoms with Crippen molar-refractivity contribution in [2.24, 2.45) is 0 Å². The number of amides is 1. The predicted octanol–water partition coefficient (Wildman–Crippen LogP) is 3.06. The lowest BCUT2D eigenvalue weighted by atomic mass is 10.1. The van der Waals surface area contributed by atoms with Gasteiger partial charge in [0.1, 0.15) is 5.82 Å². The number of halogens is 2. The number of hydrogen-bond donors (Lipinski definition) is 0. The fourth-order valence-corrected chi connectivity index (χ4v) is 3.02. The zero-order valence-corrected chi connectivity index (χ0v) is 11.0. The summed E-state index contributed by atoms with van der Waals surface area (Å²) >= 11 is 7.62. The molecule has 0 radical (unpaired) electrons. The van der Waals surface area contributed by atoms with E-state index in [1.54, 1.807) is 4.90 Å². The van der Waals surface area contributed by atoms with Crippen LogP contribution in [0.4, 0.5) is 4.39 Å². The Bertz CT molecular complexity index is 441. The van der Waals surface area contributed by atoms with Crippen LogP contribution in [-0.4, -0.2) is 34.9 Å². The maximum atomic E-state index is 13.6. The first-order valence-corrected chi connectivity index (χ1v) is 6.86. The molecule has 1 saturated heterocycles. The van der Waals surface area contributed by atoms with E-state index in [0.717, 1.165) is 5.75 Å². The van der Waals surface area contributed by atoms with Crippen LogP contribution in [0.2, 0.25) is 5.02 Å². The van der Waals surface area contributed by atoms with Crippen LogP contribution >= 0.6 is 23.4 Å². The van der Waals surface area contributed by atoms with Gasteiger partial charge in [0.2, 0.25) is 0 Å². The molecule has 1 unspecified atom stereocenters. The quantitative estimate of drug-likeness (QED) is 0.784. The van der Waals surface area contributed by atoms with E-state index in [0.29, 0.717) is 23.4 Å². The molecule has 0 bridgehead atoms. The predicted molar refractivity (Wildman–Crippen MR) is 69.2 cm³/mol. The molecular weight excluding hydrogens is 261 g/mol. The summed E-state index contributed by atoms with van der Waals surface area (Å²) in [5, 5.41) is 0.782. The Hall–Kier alpha value is -0.740. The molecule has 0 aromatic heterocycles. The van der Waals surface area contributed by atoms with Crippen molar-refractivity contribution in [3.05, 3.63) is 34.6 Å². The van der Waals surface area contributed by atoms with Crippen molar-refractivity contribution in [1.29, 1.82) is 0 Å². The average molecular weight is 274 g/mol. The van der Waals surface area contributed by atoms with E-state index < -0.39 is 5.82 Å². The van der Waals surface area contributed by atoms with Gasteiger partial charge in [-0.15, -0.1) is 0 Å². The molecule has 2 nitrogen and oxygen atoms in total. The second-order valence-electron chi connectivity index (χ2n) is 4.06. The fraction of sp³-hybridized carbons (Fsp3) is 0.417. The third-order valence-electron chi connectivity index (χ3n) is 2.69. The highest BCUT2D eigenvalue weighted by molar-refractivity contribution is 7.99. The molecule has 1 aromatic carbocycles. The minimum absolute atomic E-state index is 0.0663. The summed E-state index contributed by atoms with van der Waals surface area (Å²) in [6.45, 7) is 3.40. The van der Waals surface area contributed by atoms with Crippen LogP contribution < -0.4 is 0 Å². The number of nitrogens with zero attached hydrogens (tertiary/aromatic N) is 1. The van der Waals surface area contributed by atoms with Gasteiger partial charge in [-0.3, -0.25) is 4.79 Å². The van der Waals surface area contributed by atoms with Crippen LogP contribution in [0.3, 0.4) is 0 Å². The van der Waals surface area contributed by atoms with Crippen LogP contribution in [0.25, 0.3) is 0 Å². The van der Waals surface area contributed by atoms with Crippen LogP contribution in [0.15, 0.2) is 18.2 Å². The van der Waals surface area contributed by atoms with Gasteiger partial charge in [-0.2, -0.15) is 11.8 Å². The van der Waals surface area contributed by atoms with Crippen molar-refractivity contribution in [2.75, 3.05) is 18.8 Å². The highest BCUT2D eigenvalue weighted by Gasteiger charge is 2.24. The van der Waals surface area contributed by atoms with Crippen LogP contribution in [0.1, 0.15) is 17.3 Å². The Labute approximate surface area is 109 Å². The van der Waals surface area contributed by atoms with Crippen molar-refractivity contribution < 1.29 is 9.18 Å². The maximum Gasteiger partial charge on any atom is 0.256 e. The molecule has 1 aromatic rings. The molecule has 1 heterocycles. The number of carbonyl (C=O) groups excluding carboxylic acids is 1. The van der Waals surface area contributed by atoms with E-state index in [1.165, 1.54) is 18.2 Å². The van der Waals surface area contributed by atoms with Gasteiger partial charge in [0.05, 0.1) is 5.56 Å². The minimum Gasteiger partial charge on any atom is -0.337 e. The molecule has 1 aliphatic heterocycles. The molecule has 1 fully saturated rings. The first-order valence-electron chi connectivity index (χ1n) is 5.44. The highest BCUT2D eigenvalue weighted by Crippen LogP contribution is 2.22. The van der Waals surface area contributed by atoms with Crippen molar-refractivity contribution in [1.82, 2.24) is 4.90 Å². The van der Waals surface area contributed by atoms with Gasteiger partial charge < -0.3 is 4.90 Å². The normalized spacial score (nSPS) is 20.4. The van der Waals surface area contributed by atoms with Gasteiger partial charge in [0.15, 0.2) is 0 Å². The van der Waals surface area contributed by atoms with Crippen LogP contribution in [-0.2, 0) is 0 Å². The third-order valence-corrected chi connectivity index (χ3v) is 4.06. The maximum absolute atomic E-state index is 13.6. The molecule has 1 amide bonds. The summed E-state index contributed by atoms with van der Waals surface area (Å²) in [5.74, 6) is 0.122. The zero-order valence-electron chi connectivity index (χ0n) is 9.45. The number of benzene rings is 1. The lowest BCUT2D eigenvalue weighted by Gasteiger charge is -2.30. The number of thioether (sulfide) groups is 1. The third kappa shape index (κ3) is 2.93. The van der Waals surface area contributed by atoms with Gasteiger partial charge in [0, 0.05) is 29.1 Å². The SMILES string of the molecule is CC1CN(C(=O)c2cc(Cl)ccc2F)CCS1. The first-order chi connectivity index (χ1) is 8.08. The lowest BCUT2D eigenvalue weighted by Crippen LogP contribution is -2.41. The molecule has 1 atom stereocenters. The molecule has 5 heteroatoms. The molecule has 0 spiro atoms. The lowest BCUT2D eigenvalue weighted by molar-refractivity contribution is 0.0758. The number of rotatable bonds is 1. The Morgan fingerprint density at radius 1 is 1.59 bits per heavy atom. The largest absolute Gasteiger partial charge is 0.337 e. The van der Waals surface area contributed by atoms with Crippen molar-refractivity contribution >= 4 is 29.3 Å². The first kappa shape index (κ1) is 12.7. The molecule has 92 valence electrons. The molecular formula is C12H13ClFNOS. The molecule has 1 aliphatic rings. The highest BCUT2D eigenvalue weighted by atomic mass is 35.5. The Balaban J connectivity index is 2.21. The van der Waals surface area contributed by atoms with Gasteiger partial charge in [-0.05, 0) is 18.2 Å². The van der Waals surface area contributed by atoms with Gasteiger partial charge in [-0.25, -0.2) is 4.39 Å². The van der Waals surface area contributed by atoms with Crippen molar-refractivity contribution in [3.8, 4) is 0 Å². The van der Waals surface area contributed by atoms with Gasteiger partial charge in [-0.1, -0.05) is 18.5 Å². The smallest absolute Gasteiger partial charge is 0.256 e. The van der Waals surface area contributed by atoms with Gasteiger partial charge in [0.25, 0.3) is 5.91 Å². The van der Waals surface area contributed by atoms with Crippen molar-refractivity contribution in [2.45, 2.75) is 12.2 Å². The van der Waals surface area contributed by atoms with Crippen LogP contribution in [0, 0.1) is 5.82 Å². The Morgan fingerprint density at radius 2 is 2.35 bits per heavy atom. The number of carbonyl (C=O) groups is 1. The second-order valence-corrected chi connectivity index (χ2v) is 6.04. The molecule has 17 heavy (non-hydrogen) atoms. The van der Waals surface area contributed by atoms with E-state index in [-0.39, 0.29) is 11.5 Å². The zero-order chi connectivity index (χ0) is 12.4. The molecule has 0 aliphatic carbocycles. The fourth-order valence-electron chi connectivity index (χ4n) is 1.83. The van der Waals surface area contributed by atoms with Crippen LogP contribution in [0.5, 0.6) is 0 Å². The van der Waals surface area contributed by atoms with E-state index in [9.17, 15) is 9.18 Å². The molecule has 0 N–H and O–H groups in total. The minimum atomic E-state index is -0.509. The summed E-state index contributed by atoms with van der Waals surface area (Å²) in [7, 11) is 0. The molecule has 2 rings (SSSR count). The Morgan fingerprint density at radius 3 is 3.06 bits per heavy atom.